The van der Waals surface area contributed by atoms with Gasteiger partial charge in [-0.25, -0.2) is 4.98 Å². The highest BCUT2D eigenvalue weighted by atomic mass is 16.4. The predicted molar refractivity (Wildman–Crippen MR) is 57.7 cm³/mol. The fourth-order valence-electron chi connectivity index (χ4n) is 1.84. The van der Waals surface area contributed by atoms with Crippen LogP contribution in [0.25, 0.3) is 0 Å². The van der Waals surface area contributed by atoms with Crippen LogP contribution in [0.4, 0.5) is 0 Å². The zero-order valence-corrected chi connectivity index (χ0v) is 9.04. The highest BCUT2D eigenvalue weighted by molar-refractivity contribution is 4.98. The Kier molecular flexibility index (Phi) is 2.49. The molecule has 0 amide bonds. The monoisotopic (exact) mass is 206 g/mol. The van der Waals surface area contributed by atoms with Crippen LogP contribution >= 0.6 is 0 Å². The number of hydrogen-bond donors (Lipinski definition) is 1. The van der Waals surface area contributed by atoms with Gasteiger partial charge >= 0.3 is 0 Å². The molecule has 82 valence electrons. The molecule has 0 atom stereocenters. The molecule has 0 aliphatic heterocycles. The average molecular weight is 206 g/mol. The van der Waals surface area contributed by atoms with Crippen molar-refractivity contribution in [1.29, 1.82) is 0 Å². The Morgan fingerprint density at radius 2 is 2.20 bits per heavy atom. The Hall–Kier alpha value is -0.830. The summed E-state index contributed by atoms with van der Waals surface area (Å²) in [4.78, 5) is 4.31. The molecule has 2 saturated carbocycles. The van der Waals surface area contributed by atoms with E-state index in [1.165, 1.54) is 25.7 Å². The van der Waals surface area contributed by atoms with Gasteiger partial charge in [-0.1, -0.05) is 0 Å². The van der Waals surface area contributed by atoms with Gasteiger partial charge in [-0.3, -0.25) is 0 Å². The number of oxazole rings is 1. The molecular weight excluding hydrogens is 188 g/mol. The molecule has 1 aromatic rings. The van der Waals surface area contributed by atoms with E-state index in [2.05, 4.69) is 10.3 Å². The summed E-state index contributed by atoms with van der Waals surface area (Å²) in [6.07, 6.45) is 9.38. The number of nitrogens with one attached hydrogen (secondary N) is 1. The van der Waals surface area contributed by atoms with Crippen LogP contribution in [-0.4, -0.2) is 17.6 Å². The van der Waals surface area contributed by atoms with Gasteiger partial charge in [0.25, 0.3) is 0 Å². The van der Waals surface area contributed by atoms with E-state index in [0.29, 0.717) is 0 Å². The van der Waals surface area contributed by atoms with Gasteiger partial charge in [0.1, 0.15) is 5.76 Å². The molecule has 0 unspecified atom stereocenters. The molecule has 2 aliphatic rings. The Bertz CT molecular complexity index is 326. The molecule has 0 bridgehead atoms. The van der Waals surface area contributed by atoms with Crippen LogP contribution in [0, 0.1) is 5.92 Å². The first-order valence-electron chi connectivity index (χ1n) is 6.07. The summed E-state index contributed by atoms with van der Waals surface area (Å²) in [5.74, 6) is 2.87. The lowest BCUT2D eigenvalue weighted by Gasteiger charge is -1.98. The highest BCUT2D eigenvalue weighted by Gasteiger charge is 2.23. The maximum Gasteiger partial charge on any atom is 0.195 e. The lowest BCUT2D eigenvalue weighted by Crippen LogP contribution is -2.19. The Morgan fingerprint density at radius 3 is 2.93 bits per heavy atom. The smallest absolute Gasteiger partial charge is 0.195 e. The van der Waals surface area contributed by atoms with E-state index >= 15 is 0 Å². The highest BCUT2D eigenvalue weighted by Crippen LogP contribution is 2.32. The first kappa shape index (κ1) is 9.40. The van der Waals surface area contributed by atoms with Gasteiger partial charge < -0.3 is 9.73 Å². The molecule has 0 saturated heterocycles. The van der Waals surface area contributed by atoms with Gasteiger partial charge in [0.2, 0.25) is 0 Å². The lowest BCUT2D eigenvalue weighted by molar-refractivity contribution is 0.441. The van der Waals surface area contributed by atoms with Crippen molar-refractivity contribution in [1.82, 2.24) is 10.3 Å². The maximum atomic E-state index is 5.69. The van der Waals surface area contributed by atoms with Crippen LogP contribution in [0.3, 0.4) is 0 Å². The number of rotatable bonds is 6. The summed E-state index contributed by atoms with van der Waals surface area (Å²) in [6, 6.07) is 0.783. The van der Waals surface area contributed by atoms with Crippen molar-refractivity contribution in [3.63, 3.8) is 0 Å². The minimum atomic E-state index is 0.783. The second-order valence-corrected chi connectivity index (χ2v) is 4.85. The normalized spacial score (nSPS) is 20.8. The molecule has 3 rings (SSSR count). The standard InChI is InChI=1S/C12H18N2O/c1-2-9(1)7-11-8-14-12(15-11)5-6-13-10-3-4-10/h8-10,13H,1-7H2. The summed E-state index contributed by atoms with van der Waals surface area (Å²) in [6.45, 7) is 1.01. The summed E-state index contributed by atoms with van der Waals surface area (Å²) < 4.78 is 5.69. The first-order valence-corrected chi connectivity index (χ1v) is 6.07. The van der Waals surface area contributed by atoms with E-state index in [0.717, 1.165) is 43.0 Å². The number of aromatic nitrogens is 1. The van der Waals surface area contributed by atoms with Crippen LogP contribution in [0.15, 0.2) is 10.6 Å². The van der Waals surface area contributed by atoms with Gasteiger partial charge in [-0.15, -0.1) is 0 Å². The molecule has 0 radical (unpaired) electrons. The summed E-state index contributed by atoms with van der Waals surface area (Å²) in [5.41, 5.74) is 0. The summed E-state index contributed by atoms with van der Waals surface area (Å²) >= 11 is 0. The molecule has 2 fully saturated rings. The van der Waals surface area contributed by atoms with E-state index in [9.17, 15) is 0 Å². The molecule has 0 aromatic carbocycles. The summed E-state index contributed by atoms with van der Waals surface area (Å²) in [5, 5.41) is 3.47. The SMILES string of the molecule is c1nc(CCNC2CC2)oc1CC1CC1. The van der Waals surface area contributed by atoms with E-state index < -0.39 is 0 Å². The molecule has 2 aliphatic carbocycles. The van der Waals surface area contributed by atoms with Gasteiger partial charge in [0, 0.05) is 25.4 Å². The zero-order chi connectivity index (χ0) is 10.1. The van der Waals surface area contributed by atoms with E-state index in [-0.39, 0.29) is 0 Å². The van der Waals surface area contributed by atoms with Gasteiger partial charge in [-0.05, 0) is 31.6 Å². The van der Waals surface area contributed by atoms with Gasteiger partial charge in [0.15, 0.2) is 5.89 Å². The van der Waals surface area contributed by atoms with Crippen molar-refractivity contribution in [2.45, 2.75) is 44.6 Å². The topological polar surface area (TPSA) is 38.1 Å². The van der Waals surface area contributed by atoms with Crippen molar-refractivity contribution in [3.05, 3.63) is 17.8 Å². The number of nitrogens with zero attached hydrogens (tertiary/aromatic N) is 1. The Labute approximate surface area is 90.3 Å². The first-order chi connectivity index (χ1) is 7.40. The fraction of sp³-hybridized carbons (Fsp3) is 0.750. The maximum absolute atomic E-state index is 5.69. The third-order valence-corrected chi connectivity index (χ3v) is 3.14. The second kappa shape index (κ2) is 3.97. The second-order valence-electron chi connectivity index (χ2n) is 4.85. The van der Waals surface area contributed by atoms with Crippen molar-refractivity contribution in [2.24, 2.45) is 5.92 Å². The predicted octanol–water partition coefficient (Wildman–Crippen LogP) is 1.92. The largest absolute Gasteiger partial charge is 0.446 e. The van der Waals surface area contributed by atoms with Crippen molar-refractivity contribution in [3.8, 4) is 0 Å². The minimum absolute atomic E-state index is 0.783. The molecule has 1 heterocycles. The van der Waals surface area contributed by atoms with Gasteiger partial charge in [0.05, 0.1) is 6.20 Å². The summed E-state index contributed by atoms with van der Waals surface area (Å²) in [7, 11) is 0. The van der Waals surface area contributed by atoms with Crippen LogP contribution < -0.4 is 5.32 Å². The Morgan fingerprint density at radius 1 is 1.33 bits per heavy atom. The molecule has 15 heavy (non-hydrogen) atoms. The van der Waals surface area contributed by atoms with Crippen molar-refractivity contribution >= 4 is 0 Å². The third-order valence-electron chi connectivity index (χ3n) is 3.14. The zero-order valence-electron chi connectivity index (χ0n) is 9.04. The number of hydrogen-bond acceptors (Lipinski definition) is 3. The van der Waals surface area contributed by atoms with Crippen molar-refractivity contribution in [2.75, 3.05) is 6.54 Å². The van der Waals surface area contributed by atoms with E-state index in [1.54, 1.807) is 0 Å². The molecule has 3 nitrogen and oxygen atoms in total. The van der Waals surface area contributed by atoms with Crippen LogP contribution in [0.1, 0.15) is 37.3 Å². The van der Waals surface area contributed by atoms with Crippen LogP contribution in [0.5, 0.6) is 0 Å². The molecule has 1 N–H and O–H groups in total. The molecule has 1 aromatic heterocycles. The van der Waals surface area contributed by atoms with Crippen molar-refractivity contribution < 1.29 is 4.42 Å². The van der Waals surface area contributed by atoms with E-state index in [4.69, 9.17) is 4.42 Å². The molecule has 3 heteroatoms. The average Bonchev–Trinajstić information content (AvgIpc) is 3.10. The van der Waals surface area contributed by atoms with Gasteiger partial charge in [-0.2, -0.15) is 0 Å². The molecule has 0 spiro atoms. The third kappa shape index (κ3) is 2.81. The lowest BCUT2D eigenvalue weighted by atomic mass is 10.2. The van der Waals surface area contributed by atoms with E-state index in [1.807, 2.05) is 6.20 Å². The fourth-order valence-corrected chi connectivity index (χ4v) is 1.84. The molecular formula is C12H18N2O. The minimum Gasteiger partial charge on any atom is -0.446 e. The quantitative estimate of drug-likeness (QED) is 0.772. The van der Waals surface area contributed by atoms with Crippen LogP contribution in [-0.2, 0) is 12.8 Å². The van der Waals surface area contributed by atoms with Crippen LogP contribution in [0.2, 0.25) is 0 Å². The Balaban J connectivity index is 1.44.